The van der Waals surface area contributed by atoms with Crippen LogP contribution in [0.3, 0.4) is 0 Å². The summed E-state index contributed by atoms with van der Waals surface area (Å²) in [4.78, 5) is 11.7. The summed E-state index contributed by atoms with van der Waals surface area (Å²) in [5.41, 5.74) is 0. The number of ether oxygens (including phenoxy) is 1. The molecule has 5 nitrogen and oxygen atoms in total. The molecular formula is C15H23ClN2O3. The van der Waals surface area contributed by atoms with Gasteiger partial charge in [-0.1, -0.05) is 23.7 Å². The molecule has 0 aromatic heterocycles. The molecule has 2 atom stereocenters. The van der Waals surface area contributed by atoms with E-state index in [1.807, 2.05) is 26.0 Å². The molecule has 0 aliphatic heterocycles. The van der Waals surface area contributed by atoms with E-state index in [9.17, 15) is 4.79 Å². The lowest BCUT2D eigenvalue weighted by atomic mass is 10.2. The highest BCUT2D eigenvalue weighted by molar-refractivity contribution is 6.32. The van der Waals surface area contributed by atoms with E-state index in [0.29, 0.717) is 23.7 Å². The Hall–Kier alpha value is -1.46. The van der Waals surface area contributed by atoms with Gasteiger partial charge in [0.05, 0.1) is 11.6 Å². The van der Waals surface area contributed by atoms with Crippen LogP contribution >= 0.6 is 11.6 Å². The van der Waals surface area contributed by atoms with Crippen LogP contribution in [-0.2, 0) is 0 Å². The third-order valence-corrected chi connectivity index (χ3v) is 3.20. The normalized spacial score (nSPS) is 13.3. The molecule has 0 aliphatic carbocycles. The largest absolute Gasteiger partial charge is 0.487 e. The maximum absolute atomic E-state index is 11.7. The van der Waals surface area contributed by atoms with E-state index in [1.165, 1.54) is 0 Å². The van der Waals surface area contributed by atoms with Crippen molar-refractivity contribution in [3.05, 3.63) is 29.3 Å². The molecule has 2 unspecified atom stereocenters. The Morgan fingerprint density at radius 3 is 2.76 bits per heavy atom. The van der Waals surface area contributed by atoms with Crippen LogP contribution in [0.15, 0.2) is 24.3 Å². The number of halogens is 1. The first-order valence-electron chi connectivity index (χ1n) is 7.09. The molecule has 0 spiro atoms. The second kappa shape index (κ2) is 9.47. The van der Waals surface area contributed by atoms with E-state index in [4.69, 9.17) is 21.4 Å². The maximum atomic E-state index is 11.7. The zero-order chi connectivity index (χ0) is 15.7. The average molecular weight is 315 g/mol. The first-order chi connectivity index (χ1) is 10.0. The minimum absolute atomic E-state index is 0.0249. The topological polar surface area (TPSA) is 70.6 Å². The first-order valence-corrected chi connectivity index (χ1v) is 7.47. The van der Waals surface area contributed by atoms with E-state index in [-0.39, 0.29) is 24.8 Å². The van der Waals surface area contributed by atoms with Gasteiger partial charge in [-0.25, -0.2) is 4.79 Å². The predicted molar refractivity (Wildman–Crippen MR) is 83.9 cm³/mol. The van der Waals surface area contributed by atoms with Crippen molar-refractivity contribution in [2.75, 3.05) is 13.2 Å². The Labute approximate surface area is 130 Å². The molecule has 3 N–H and O–H groups in total. The predicted octanol–water partition coefficient (Wildman–Crippen LogP) is 2.57. The van der Waals surface area contributed by atoms with Gasteiger partial charge in [-0.3, -0.25) is 0 Å². The van der Waals surface area contributed by atoms with Gasteiger partial charge in [-0.05, 0) is 38.8 Å². The van der Waals surface area contributed by atoms with Gasteiger partial charge in [0.1, 0.15) is 11.9 Å². The van der Waals surface area contributed by atoms with Crippen LogP contribution < -0.4 is 15.4 Å². The van der Waals surface area contributed by atoms with Gasteiger partial charge in [0.25, 0.3) is 0 Å². The van der Waals surface area contributed by atoms with Gasteiger partial charge < -0.3 is 20.5 Å². The monoisotopic (exact) mass is 314 g/mol. The molecule has 0 saturated heterocycles. The quantitative estimate of drug-likeness (QED) is 0.690. The molecule has 0 bridgehead atoms. The highest BCUT2D eigenvalue weighted by Crippen LogP contribution is 2.23. The lowest BCUT2D eigenvalue weighted by Gasteiger charge is -2.18. The lowest BCUT2D eigenvalue weighted by Crippen LogP contribution is -2.44. The van der Waals surface area contributed by atoms with E-state index < -0.39 is 0 Å². The molecule has 2 amide bonds. The SMILES string of the molecule is CC(CCCO)NC(=O)NCC(C)Oc1ccccc1Cl. The van der Waals surface area contributed by atoms with Crippen LogP contribution in [0.25, 0.3) is 0 Å². The zero-order valence-electron chi connectivity index (χ0n) is 12.4. The van der Waals surface area contributed by atoms with Gasteiger partial charge in [0.2, 0.25) is 0 Å². The molecule has 1 aromatic rings. The molecule has 0 heterocycles. The summed E-state index contributed by atoms with van der Waals surface area (Å²) in [6, 6.07) is 7.01. The van der Waals surface area contributed by atoms with Crippen LogP contribution in [-0.4, -0.2) is 36.4 Å². The summed E-state index contributed by atoms with van der Waals surface area (Å²) >= 11 is 6.00. The Kier molecular flexibility index (Phi) is 7.93. The van der Waals surface area contributed by atoms with Gasteiger partial charge in [0, 0.05) is 12.6 Å². The standard InChI is InChI=1S/C15H23ClN2O3/c1-11(6-5-9-19)18-15(20)17-10-12(2)21-14-8-4-3-7-13(14)16/h3-4,7-8,11-12,19H,5-6,9-10H2,1-2H3,(H2,17,18,20). The number of nitrogens with one attached hydrogen (secondary N) is 2. The number of para-hydroxylation sites is 1. The highest BCUT2D eigenvalue weighted by atomic mass is 35.5. The molecule has 118 valence electrons. The van der Waals surface area contributed by atoms with Crippen molar-refractivity contribution in [1.82, 2.24) is 10.6 Å². The summed E-state index contributed by atoms with van der Waals surface area (Å²) in [5, 5.41) is 14.8. The minimum Gasteiger partial charge on any atom is -0.487 e. The van der Waals surface area contributed by atoms with Crippen LogP contribution in [0.4, 0.5) is 4.79 Å². The highest BCUT2D eigenvalue weighted by Gasteiger charge is 2.10. The van der Waals surface area contributed by atoms with Gasteiger partial charge in [0.15, 0.2) is 0 Å². The lowest BCUT2D eigenvalue weighted by molar-refractivity contribution is 0.205. The molecule has 21 heavy (non-hydrogen) atoms. The average Bonchev–Trinajstić information content (AvgIpc) is 2.45. The van der Waals surface area contributed by atoms with E-state index in [2.05, 4.69) is 10.6 Å². The Balaban J connectivity index is 2.28. The Morgan fingerprint density at radius 1 is 1.38 bits per heavy atom. The number of carbonyl (C=O) groups is 1. The number of carbonyl (C=O) groups excluding carboxylic acids is 1. The maximum Gasteiger partial charge on any atom is 0.315 e. The Morgan fingerprint density at radius 2 is 2.10 bits per heavy atom. The van der Waals surface area contributed by atoms with E-state index in [0.717, 1.165) is 6.42 Å². The third kappa shape index (κ3) is 7.20. The zero-order valence-corrected chi connectivity index (χ0v) is 13.2. The number of rotatable bonds is 8. The molecule has 0 radical (unpaired) electrons. The van der Waals surface area contributed by atoms with Gasteiger partial charge in [-0.2, -0.15) is 0 Å². The number of aliphatic hydroxyl groups excluding tert-OH is 1. The summed E-state index contributed by atoms with van der Waals surface area (Å²) in [6.45, 7) is 4.28. The fourth-order valence-corrected chi connectivity index (χ4v) is 1.96. The van der Waals surface area contributed by atoms with Crippen molar-refractivity contribution in [1.29, 1.82) is 0 Å². The van der Waals surface area contributed by atoms with Crippen LogP contribution in [0, 0.1) is 0 Å². The number of hydrogen-bond donors (Lipinski definition) is 3. The van der Waals surface area contributed by atoms with Gasteiger partial charge >= 0.3 is 6.03 Å². The fourth-order valence-electron chi connectivity index (χ4n) is 1.78. The second-order valence-electron chi connectivity index (χ2n) is 4.98. The van der Waals surface area contributed by atoms with E-state index >= 15 is 0 Å². The van der Waals surface area contributed by atoms with Crippen molar-refractivity contribution < 1.29 is 14.6 Å². The molecule has 6 heteroatoms. The summed E-state index contributed by atoms with van der Waals surface area (Å²) in [5.74, 6) is 0.602. The summed E-state index contributed by atoms with van der Waals surface area (Å²) in [6.07, 6.45) is 1.23. The van der Waals surface area contributed by atoms with Gasteiger partial charge in [-0.15, -0.1) is 0 Å². The number of hydrogen-bond acceptors (Lipinski definition) is 3. The number of aliphatic hydroxyl groups is 1. The van der Waals surface area contributed by atoms with Crippen molar-refractivity contribution in [2.45, 2.75) is 38.8 Å². The fraction of sp³-hybridized carbons (Fsp3) is 0.533. The van der Waals surface area contributed by atoms with Crippen molar-refractivity contribution in [3.8, 4) is 5.75 Å². The van der Waals surface area contributed by atoms with Crippen molar-refractivity contribution >= 4 is 17.6 Å². The summed E-state index contributed by atoms with van der Waals surface area (Å²) in [7, 11) is 0. The number of benzene rings is 1. The van der Waals surface area contributed by atoms with Crippen molar-refractivity contribution in [3.63, 3.8) is 0 Å². The van der Waals surface area contributed by atoms with Crippen LogP contribution in [0.1, 0.15) is 26.7 Å². The Bertz CT molecular complexity index is 443. The molecular weight excluding hydrogens is 292 g/mol. The second-order valence-corrected chi connectivity index (χ2v) is 5.39. The van der Waals surface area contributed by atoms with Crippen molar-refractivity contribution in [2.24, 2.45) is 0 Å². The molecule has 0 aliphatic rings. The third-order valence-electron chi connectivity index (χ3n) is 2.89. The smallest absolute Gasteiger partial charge is 0.315 e. The number of urea groups is 1. The number of amides is 2. The first kappa shape index (κ1) is 17.6. The van der Waals surface area contributed by atoms with E-state index in [1.54, 1.807) is 12.1 Å². The van der Waals surface area contributed by atoms with Crippen LogP contribution in [0.2, 0.25) is 5.02 Å². The van der Waals surface area contributed by atoms with Crippen LogP contribution in [0.5, 0.6) is 5.75 Å². The molecule has 0 fully saturated rings. The molecule has 0 saturated carbocycles. The summed E-state index contributed by atoms with van der Waals surface area (Å²) < 4.78 is 5.66. The minimum atomic E-state index is -0.241. The molecule has 1 rings (SSSR count). The molecule has 1 aromatic carbocycles.